The van der Waals surface area contributed by atoms with Gasteiger partial charge in [0.1, 0.15) is 11.9 Å². The van der Waals surface area contributed by atoms with Crippen molar-refractivity contribution >= 4 is 23.2 Å². The molecule has 0 saturated carbocycles. The van der Waals surface area contributed by atoms with Crippen LogP contribution in [0.5, 0.6) is 0 Å². The first-order valence-corrected chi connectivity index (χ1v) is 7.64. The lowest BCUT2D eigenvalue weighted by Crippen LogP contribution is -2.21. The van der Waals surface area contributed by atoms with E-state index in [9.17, 15) is 4.79 Å². The van der Waals surface area contributed by atoms with E-state index < -0.39 is 6.04 Å². The molecule has 0 fully saturated rings. The zero-order valence-electron chi connectivity index (χ0n) is 12.3. The predicted octanol–water partition coefficient (Wildman–Crippen LogP) is 4.77. The Labute approximate surface area is 140 Å². The van der Waals surface area contributed by atoms with Gasteiger partial charge in [-0.05, 0) is 17.7 Å². The van der Waals surface area contributed by atoms with Crippen LogP contribution in [0.15, 0.2) is 79.0 Å². The summed E-state index contributed by atoms with van der Waals surface area (Å²) >= 11 is 5.87. The van der Waals surface area contributed by atoms with Gasteiger partial charge in [0.2, 0.25) is 0 Å². The highest BCUT2D eigenvalue weighted by Crippen LogP contribution is 2.23. The van der Waals surface area contributed by atoms with Crippen LogP contribution in [0.3, 0.4) is 0 Å². The number of carbonyl (C=O) groups excluding carboxylic acids is 1. The molecule has 3 aromatic rings. The standard InChI is InChI=1S/C19H15ClN2O/c20-16-11-12-17(21-13-16)22-18(14-7-3-1-4-8-14)19(23)15-9-5-2-6-10-15/h1-13,18H,(H,21,22). The van der Waals surface area contributed by atoms with Crippen molar-refractivity contribution in [3.05, 3.63) is 95.1 Å². The van der Waals surface area contributed by atoms with Gasteiger partial charge < -0.3 is 5.32 Å². The van der Waals surface area contributed by atoms with E-state index in [4.69, 9.17) is 11.6 Å². The van der Waals surface area contributed by atoms with Crippen LogP contribution in [-0.2, 0) is 0 Å². The molecule has 0 amide bonds. The normalized spacial score (nSPS) is 11.7. The number of nitrogens with zero attached hydrogens (tertiary/aromatic N) is 1. The number of rotatable bonds is 5. The van der Waals surface area contributed by atoms with Crippen molar-refractivity contribution in [2.75, 3.05) is 5.32 Å². The van der Waals surface area contributed by atoms with Gasteiger partial charge in [0.15, 0.2) is 5.78 Å². The molecule has 0 saturated heterocycles. The van der Waals surface area contributed by atoms with Crippen LogP contribution in [0, 0.1) is 0 Å². The summed E-state index contributed by atoms with van der Waals surface area (Å²) in [6.45, 7) is 0. The number of halogens is 1. The number of anilines is 1. The first-order valence-electron chi connectivity index (χ1n) is 7.26. The molecular weight excluding hydrogens is 308 g/mol. The minimum atomic E-state index is -0.507. The van der Waals surface area contributed by atoms with Gasteiger partial charge in [-0.15, -0.1) is 0 Å². The lowest BCUT2D eigenvalue weighted by Gasteiger charge is -2.19. The molecule has 3 rings (SSSR count). The largest absolute Gasteiger partial charge is 0.356 e. The number of pyridine rings is 1. The molecule has 0 radical (unpaired) electrons. The van der Waals surface area contributed by atoms with E-state index in [0.717, 1.165) is 5.56 Å². The third-order valence-electron chi connectivity index (χ3n) is 3.47. The molecule has 4 heteroatoms. The highest BCUT2D eigenvalue weighted by Gasteiger charge is 2.22. The summed E-state index contributed by atoms with van der Waals surface area (Å²) in [5.74, 6) is 0.598. The van der Waals surface area contributed by atoms with Gasteiger partial charge in [-0.25, -0.2) is 4.98 Å². The van der Waals surface area contributed by atoms with Crippen molar-refractivity contribution < 1.29 is 4.79 Å². The molecule has 0 aliphatic heterocycles. The third kappa shape index (κ3) is 3.76. The van der Waals surface area contributed by atoms with Crippen molar-refractivity contribution in [3.63, 3.8) is 0 Å². The van der Waals surface area contributed by atoms with Crippen molar-refractivity contribution in [3.8, 4) is 0 Å². The summed E-state index contributed by atoms with van der Waals surface area (Å²) in [6, 6.07) is 21.8. The van der Waals surface area contributed by atoms with E-state index in [1.807, 2.05) is 60.7 Å². The van der Waals surface area contributed by atoms with Crippen molar-refractivity contribution in [2.45, 2.75) is 6.04 Å². The highest BCUT2D eigenvalue weighted by atomic mass is 35.5. The van der Waals surface area contributed by atoms with Crippen LogP contribution >= 0.6 is 11.6 Å². The fourth-order valence-electron chi connectivity index (χ4n) is 2.32. The molecule has 1 unspecified atom stereocenters. The fraction of sp³-hybridized carbons (Fsp3) is 0.0526. The first-order chi connectivity index (χ1) is 11.2. The van der Waals surface area contributed by atoms with Gasteiger partial charge in [0.25, 0.3) is 0 Å². The number of nitrogens with one attached hydrogen (secondary N) is 1. The molecule has 1 N–H and O–H groups in total. The van der Waals surface area contributed by atoms with E-state index in [1.165, 1.54) is 0 Å². The quantitative estimate of drug-likeness (QED) is 0.688. The maximum atomic E-state index is 12.9. The lowest BCUT2D eigenvalue weighted by molar-refractivity contribution is 0.0969. The van der Waals surface area contributed by atoms with Gasteiger partial charge in [-0.2, -0.15) is 0 Å². The number of carbonyl (C=O) groups is 1. The Morgan fingerprint density at radius 1 is 0.913 bits per heavy atom. The summed E-state index contributed by atoms with van der Waals surface area (Å²) in [5.41, 5.74) is 1.54. The highest BCUT2D eigenvalue weighted by molar-refractivity contribution is 6.30. The summed E-state index contributed by atoms with van der Waals surface area (Å²) < 4.78 is 0. The van der Waals surface area contributed by atoms with Gasteiger partial charge in [0.05, 0.1) is 5.02 Å². The van der Waals surface area contributed by atoms with Crippen molar-refractivity contribution in [1.29, 1.82) is 0 Å². The van der Waals surface area contributed by atoms with Crippen LogP contribution in [0.4, 0.5) is 5.82 Å². The first kappa shape index (κ1) is 15.3. The van der Waals surface area contributed by atoms with Gasteiger partial charge in [-0.1, -0.05) is 72.3 Å². The van der Waals surface area contributed by atoms with Crippen LogP contribution in [-0.4, -0.2) is 10.8 Å². The predicted molar refractivity (Wildman–Crippen MR) is 92.8 cm³/mol. The second-order valence-electron chi connectivity index (χ2n) is 5.08. The molecule has 0 bridgehead atoms. The fourth-order valence-corrected chi connectivity index (χ4v) is 2.44. The number of aromatic nitrogens is 1. The SMILES string of the molecule is O=C(c1ccccc1)C(Nc1ccc(Cl)cn1)c1ccccc1. The topological polar surface area (TPSA) is 42.0 Å². The maximum Gasteiger partial charge on any atom is 0.189 e. The molecule has 1 aromatic heterocycles. The van der Waals surface area contributed by atoms with E-state index in [-0.39, 0.29) is 5.78 Å². The lowest BCUT2D eigenvalue weighted by atomic mass is 9.97. The summed E-state index contributed by atoms with van der Waals surface area (Å²) in [6.07, 6.45) is 1.55. The zero-order valence-corrected chi connectivity index (χ0v) is 13.1. The van der Waals surface area contributed by atoms with Crippen LogP contribution in [0.2, 0.25) is 5.02 Å². The number of Topliss-reactive ketones (excluding diaryl/α,β-unsaturated/α-hetero) is 1. The Balaban J connectivity index is 1.94. The van der Waals surface area contributed by atoms with Crippen LogP contribution < -0.4 is 5.32 Å². The van der Waals surface area contributed by atoms with E-state index in [1.54, 1.807) is 18.3 Å². The zero-order chi connectivity index (χ0) is 16.1. The van der Waals surface area contributed by atoms with Gasteiger partial charge in [-0.3, -0.25) is 4.79 Å². The monoisotopic (exact) mass is 322 g/mol. The average molecular weight is 323 g/mol. The summed E-state index contributed by atoms with van der Waals surface area (Å²) in [4.78, 5) is 17.1. The Morgan fingerprint density at radius 3 is 2.17 bits per heavy atom. The molecule has 1 heterocycles. The second kappa shape index (κ2) is 7.07. The van der Waals surface area contributed by atoms with Crippen molar-refractivity contribution in [2.24, 2.45) is 0 Å². The molecule has 1 atom stereocenters. The Morgan fingerprint density at radius 2 is 1.57 bits per heavy atom. The average Bonchev–Trinajstić information content (AvgIpc) is 2.62. The Bertz CT molecular complexity index is 773. The molecular formula is C19H15ClN2O. The molecule has 0 aliphatic rings. The summed E-state index contributed by atoms with van der Waals surface area (Å²) in [5, 5.41) is 3.76. The van der Waals surface area contributed by atoms with E-state index in [2.05, 4.69) is 10.3 Å². The Hall–Kier alpha value is -2.65. The van der Waals surface area contributed by atoms with E-state index >= 15 is 0 Å². The maximum absolute atomic E-state index is 12.9. The minimum absolute atomic E-state index is 0.00597. The molecule has 2 aromatic carbocycles. The van der Waals surface area contributed by atoms with Crippen LogP contribution in [0.1, 0.15) is 22.0 Å². The molecule has 0 aliphatic carbocycles. The number of benzene rings is 2. The number of hydrogen-bond donors (Lipinski definition) is 1. The van der Waals surface area contributed by atoms with Gasteiger partial charge >= 0.3 is 0 Å². The number of hydrogen-bond acceptors (Lipinski definition) is 3. The molecule has 3 nitrogen and oxygen atoms in total. The molecule has 114 valence electrons. The third-order valence-corrected chi connectivity index (χ3v) is 3.70. The van der Waals surface area contributed by atoms with Gasteiger partial charge in [0, 0.05) is 11.8 Å². The Kier molecular flexibility index (Phi) is 4.69. The second-order valence-corrected chi connectivity index (χ2v) is 5.52. The smallest absolute Gasteiger partial charge is 0.189 e. The van der Waals surface area contributed by atoms with Crippen molar-refractivity contribution in [1.82, 2.24) is 4.98 Å². The minimum Gasteiger partial charge on any atom is -0.356 e. The molecule has 23 heavy (non-hydrogen) atoms. The summed E-state index contributed by atoms with van der Waals surface area (Å²) in [7, 11) is 0. The number of ketones is 1. The molecule has 0 spiro atoms. The van der Waals surface area contributed by atoms with Crippen LogP contribution in [0.25, 0.3) is 0 Å². The van der Waals surface area contributed by atoms with E-state index in [0.29, 0.717) is 16.4 Å².